The fourth-order valence-electron chi connectivity index (χ4n) is 2.92. The molecule has 0 unspecified atom stereocenters. The average Bonchev–Trinajstić information content (AvgIpc) is 2.67. The molecule has 0 atom stereocenters. The highest BCUT2D eigenvalue weighted by atomic mass is 16.4. The van der Waals surface area contributed by atoms with Crippen molar-refractivity contribution in [3.8, 4) is 0 Å². The maximum atomic E-state index is 12.4. The first kappa shape index (κ1) is 15.5. The second-order valence-corrected chi connectivity index (χ2v) is 5.75. The molecule has 6 nitrogen and oxygen atoms in total. The Balaban J connectivity index is 2.21. The third-order valence-corrected chi connectivity index (χ3v) is 4.24. The number of carbonyl (C=O) groups is 2. The van der Waals surface area contributed by atoms with Gasteiger partial charge in [-0.1, -0.05) is 32.6 Å². The second kappa shape index (κ2) is 6.28. The van der Waals surface area contributed by atoms with E-state index in [1.807, 2.05) is 6.92 Å². The summed E-state index contributed by atoms with van der Waals surface area (Å²) in [5.74, 6) is -1.29. The Morgan fingerprint density at radius 3 is 2.43 bits per heavy atom. The van der Waals surface area contributed by atoms with Crippen LogP contribution in [-0.2, 0) is 18.3 Å². The van der Waals surface area contributed by atoms with Crippen LogP contribution in [0.1, 0.15) is 61.6 Å². The topological polar surface area (TPSA) is 84.2 Å². The highest BCUT2D eigenvalue weighted by Crippen LogP contribution is 2.28. The number of amides is 1. The largest absolute Gasteiger partial charge is 0.480 e. The summed E-state index contributed by atoms with van der Waals surface area (Å²) in [5.41, 5.74) is 0.106. The maximum absolute atomic E-state index is 12.4. The van der Waals surface area contributed by atoms with E-state index in [4.69, 9.17) is 0 Å². The van der Waals surface area contributed by atoms with Gasteiger partial charge < -0.3 is 10.4 Å². The van der Waals surface area contributed by atoms with E-state index in [0.717, 1.165) is 37.8 Å². The predicted octanol–water partition coefficient (Wildman–Crippen LogP) is 1.89. The van der Waals surface area contributed by atoms with Crippen molar-refractivity contribution >= 4 is 11.9 Å². The second-order valence-electron chi connectivity index (χ2n) is 5.75. The Labute approximate surface area is 124 Å². The molecule has 1 aliphatic carbocycles. The van der Waals surface area contributed by atoms with Gasteiger partial charge in [-0.3, -0.25) is 9.48 Å². The number of carboxylic acid groups (broad SMARTS) is 1. The average molecular weight is 293 g/mol. The standard InChI is InChI=1S/C15H23N3O3/c1-3-11-10-12(18(2)17-11)13(19)16-15(14(20)21)8-6-4-5-7-9-15/h10H,3-9H2,1-2H3,(H,16,19)(H,20,21). The molecule has 116 valence electrons. The van der Waals surface area contributed by atoms with Crippen LogP contribution in [0.5, 0.6) is 0 Å². The van der Waals surface area contributed by atoms with Gasteiger partial charge in [0, 0.05) is 7.05 Å². The molecular weight excluding hydrogens is 270 g/mol. The lowest BCUT2D eigenvalue weighted by Gasteiger charge is -2.29. The van der Waals surface area contributed by atoms with Gasteiger partial charge in [-0.15, -0.1) is 0 Å². The van der Waals surface area contributed by atoms with Crippen LogP contribution in [0.25, 0.3) is 0 Å². The highest BCUT2D eigenvalue weighted by molar-refractivity contribution is 5.96. The normalized spacial score (nSPS) is 18.0. The summed E-state index contributed by atoms with van der Waals surface area (Å²) in [4.78, 5) is 24.2. The molecule has 1 heterocycles. The van der Waals surface area contributed by atoms with Crippen LogP contribution in [0.15, 0.2) is 6.07 Å². The minimum atomic E-state index is -1.13. The Morgan fingerprint density at radius 1 is 1.33 bits per heavy atom. The summed E-state index contributed by atoms with van der Waals surface area (Å²) < 4.78 is 1.51. The van der Waals surface area contributed by atoms with Crippen molar-refractivity contribution in [2.75, 3.05) is 0 Å². The third-order valence-electron chi connectivity index (χ3n) is 4.24. The number of nitrogens with zero attached hydrogens (tertiary/aromatic N) is 2. The van der Waals surface area contributed by atoms with Gasteiger partial charge in [0.25, 0.3) is 5.91 Å². The van der Waals surface area contributed by atoms with Crippen molar-refractivity contribution in [1.29, 1.82) is 0 Å². The highest BCUT2D eigenvalue weighted by Gasteiger charge is 2.40. The number of aromatic nitrogens is 2. The monoisotopic (exact) mass is 293 g/mol. The summed E-state index contributed by atoms with van der Waals surface area (Å²) in [6.45, 7) is 1.97. The SMILES string of the molecule is CCc1cc(C(=O)NC2(C(=O)O)CCCCCC2)n(C)n1. The molecule has 1 aliphatic rings. The first-order valence-electron chi connectivity index (χ1n) is 7.57. The lowest BCUT2D eigenvalue weighted by atomic mass is 9.90. The van der Waals surface area contributed by atoms with Gasteiger partial charge in [0.2, 0.25) is 0 Å². The first-order valence-corrected chi connectivity index (χ1v) is 7.57. The van der Waals surface area contributed by atoms with Crippen LogP contribution < -0.4 is 5.32 Å². The maximum Gasteiger partial charge on any atom is 0.329 e. The molecule has 0 bridgehead atoms. The molecule has 0 saturated heterocycles. The van der Waals surface area contributed by atoms with Crippen molar-refractivity contribution in [3.05, 3.63) is 17.5 Å². The quantitative estimate of drug-likeness (QED) is 0.830. The summed E-state index contributed by atoms with van der Waals surface area (Å²) in [7, 11) is 1.70. The fourth-order valence-corrected chi connectivity index (χ4v) is 2.92. The van der Waals surface area contributed by atoms with E-state index in [2.05, 4.69) is 10.4 Å². The number of rotatable bonds is 4. The van der Waals surface area contributed by atoms with E-state index >= 15 is 0 Å². The number of aliphatic carboxylic acids is 1. The van der Waals surface area contributed by atoms with Crippen LogP contribution in [-0.4, -0.2) is 32.3 Å². The molecule has 0 radical (unpaired) electrons. The molecule has 1 fully saturated rings. The van der Waals surface area contributed by atoms with Crippen molar-refractivity contribution in [2.45, 2.75) is 57.4 Å². The van der Waals surface area contributed by atoms with Crippen molar-refractivity contribution in [1.82, 2.24) is 15.1 Å². The molecular formula is C15H23N3O3. The van der Waals surface area contributed by atoms with Crippen LogP contribution >= 0.6 is 0 Å². The van der Waals surface area contributed by atoms with Gasteiger partial charge in [-0.2, -0.15) is 5.10 Å². The number of nitrogens with one attached hydrogen (secondary N) is 1. The summed E-state index contributed by atoms with van der Waals surface area (Å²) in [5, 5.41) is 16.6. The number of aryl methyl sites for hydroxylation is 2. The molecule has 1 aromatic rings. The molecule has 0 spiro atoms. The molecule has 6 heteroatoms. The minimum absolute atomic E-state index is 0.353. The molecule has 0 aromatic carbocycles. The number of carboxylic acids is 1. The van der Waals surface area contributed by atoms with Gasteiger partial charge in [0.05, 0.1) is 5.69 Å². The summed E-state index contributed by atoms with van der Waals surface area (Å²) >= 11 is 0. The molecule has 2 N–H and O–H groups in total. The lowest BCUT2D eigenvalue weighted by molar-refractivity contribution is -0.145. The Morgan fingerprint density at radius 2 is 1.95 bits per heavy atom. The molecule has 0 aliphatic heterocycles. The lowest BCUT2D eigenvalue weighted by Crippen LogP contribution is -2.54. The van der Waals surface area contributed by atoms with Gasteiger partial charge in [-0.05, 0) is 25.3 Å². The summed E-state index contributed by atoms with van der Waals surface area (Å²) in [6, 6.07) is 1.72. The van der Waals surface area contributed by atoms with E-state index in [0.29, 0.717) is 18.5 Å². The van der Waals surface area contributed by atoms with Crippen LogP contribution in [0.3, 0.4) is 0 Å². The zero-order chi connectivity index (χ0) is 15.5. The summed E-state index contributed by atoms with van der Waals surface area (Å²) in [6.07, 6.45) is 5.44. The van der Waals surface area contributed by atoms with E-state index in [9.17, 15) is 14.7 Å². The third kappa shape index (κ3) is 3.25. The van der Waals surface area contributed by atoms with Crippen LogP contribution in [0.4, 0.5) is 0 Å². The molecule has 21 heavy (non-hydrogen) atoms. The zero-order valence-electron chi connectivity index (χ0n) is 12.7. The Bertz CT molecular complexity index is 528. The zero-order valence-corrected chi connectivity index (χ0v) is 12.7. The molecule has 1 aromatic heterocycles. The minimum Gasteiger partial charge on any atom is -0.480 e. The number of hydrogen-bond acceptors (Lipinski definition) is 3. The van der Waals surface area contributed by atoms with Gasteiger partial charge in [0.15, 0.2) is 0 Å². The van der Waals surface area contributed by atoms with Crippen LogP contribution in [0.2, 0.25) is 0 Å². The van der Waals surface area contributed by atoms with Gasteiger partial charge >= 0.3 is 5.97 Å². The molecule has 1 amide bonds. The van der Waals surface area contributed by atoms with Crippen molar-refractivity contribution < 1.29 is 14.7 Å². The van der Waals surface area contributed by atoms with E-state index < -0.39 is 11.5 Å². The van der Waals surface area contributed by atoms with E-state index in [1.165, 1.54) is 4.68 Å². The number of carbonyl (C=O) groups excluding carboxylic acids is 1. The predicted molar refractivity (Wildman–Crippen MR) is 78.1 cm³/mol. The van der Waals surface area contributed by atoms with Gasteiger partial charge in [0.1, 0.15) is 11.2 Å². The van der Waals surface area contributed by atoms with Gasteiger partial charge in [-0.25, -0.2) is 4.79 Å². The smallest absolute Gasteiger partial charge is 0.329 e. The number of hydrogen-bond donors (Lipinski definition) is 2. The Hall–Kier alpha value is -1.85. The van der Waals surface area contributed by atoms with E-state index in [-0.39, 0.29) is 5.91 Å². The molecule has 1 saturated carbocycles. The molecule has 2 rings (SSSR count). The van der Waals surface area contributed by atoms with E-state index in [1.54, 1.807) is 13.1 Å². The first-order chi connectivity index (χ1) is 9.98. The van der Waals surface area contributed by atoms with Crippen molar-refractivity contribution in [2.24, 2.45) is 7.05 Å². The Kier molecular flexibility index (Phi) is 4.65. The van der Waals surface area contributed by atoms with Crippen LogP contribution in [0, 0.1) is 0 Å². The fraction of sp³-hybridized carbons (Fsp3) is 0.667. The van der Waals surface area contributed by atoms with Crippen molar-refractivity contribution in [3.63, 3.8) is 0 Å².